The Morgan fingerprint density at radius 3 is 2.48 bits per heavy atom. The van der Waals surface area contributed by atoms with Gasteiger partial charge in [0.25, 0.3) is 5.56 Å². The summed E-state index contributed by atoms with van der Waals surface area (Å²) in [5.41, 5.74) is 5.07. The summed E-state index contributed by atoms with van der Waals surface area (Å²) in [7, 11) is 0. The Bertz CT molecular complexity index is 1400. The van der Waals surface area contributed by atoms with E-state index in [1.54, 1.807) is 17.6 Å². The quantitative estimate of drug-likeness (QED) is 0.461. The van der Waals surface area contributed by atoms with Gasteiger partial charge >= 0.3 is 0 Å². The molecule has 0 aliphatic rings. The number of carbonyl (C=O) groups is 1. The molecule has 0 spiro atoms. The van der Waals surface area contributed by atoms with Gasteiger partial charge in [-0.15, -0.1) is 0 Å². The van der Waals surface area contributed by atoms with Crippen LogP contribution >= 0.6 is 0 Å². The molecular formula is C26H27FN4O2. The lowest BCUT2D eigenvalue weighted by molar-refractivity contribution is -0.116. The fourth-order valence-electron chi connectivity index (χ4n) is 4.33. The summed E-state index contributed by atoms with van der Waals surface area (Å²) in [6, 6.07) is 14.0. The highest BCUT2D eigenvalue weighted by Crippen LogP contribution is 2.26. The minimum absolute atomic E-state index is 0.106. The van der Waals surface area contributed by atoms with E-state index in [0.29, 0.717) is 29.8 Å². The van der Waals surface area contributed by atoms with Gasteiger partial charge in [-0.3, -0.25) is 14.2 Å². The van der Waals surface area contributed by atoms with Crippen molar-refractivity contribution in [2.45, 2.75) is 47.1 Å². The lowest BCUT2D eigenvalue weighted by Crippen LogP contribution is -2.27. The number of para-hydroxylation sites is 1. The van der Waals surface area contributed by atoms with E-state index in [-0.39, 0.29) is 23.7 Å². The molecule has 2 aromatic carbocycles. The zero-order chi connectivity index (χ0) is 23.7. The predicted octanol–water partition coefficient (Wildman–Crippen LogP) is 4.84. The lowest BCUT2D eigenvalue weighted by Gasteiger charge is -2.15. The Hall–Kier alpha value is -3.74. The number of anilines is 1. The van der Waals surface area contributed by atoms with Crippen molar-refractivity contribution in [3.05, 3.63) is 87.1 Å². The molecule has 7 heteroatoms. The molecule has 33 heavy (non-hydrogen) atoms. The fourth-order valence-corrected chi connectivity index (χ4v) is 4.33. The molecule has 0 aliphatic heterocycles. The van der Waals surface area contributed by atoms with Gasteiger partial charge < -0.3 is 5.32 Å². The summed E-state index contributed by atoms with van der Waals surface area (Å²) in [4.78, 5) is 26.0. The van der Waals surface area contributed by atoms with Crippen LogP contribution in [0.1, 0.15) is 35.7 Å². The second-order valence-electron chi connectivity index (χ2n) is 8.19. The minimum Gasteiger partial charge on any atom is -0.326 e. The molecule has 0 fully saturated rings. The molecule has 0 bridgehead atoms. The first-order chi connectivity index (χ1) is 15.8. The van der Waals surface area contributed by atoms with Gasteiger partial charge in [0.1, 0.15) is 11.5 Å². The zero-order valence-corrected chi connectivity index (χ0v) is 19.3. The minimum atomic E-state index is -0.346. The third-order valence-electron chi connectivity index (χ3n) is 6.00. The number of nitrogens with zero attached hydrogens (tertiary/aromatic N) is 3. The first-order valence-electron chi connectivity index (χ1n) is 11.0. The predicted molar refractivity (Wildman–Crippen MR) is 129 cm³/mol. The number of aromatic nitrogens is 3. The van der Waals surface area contributed by atoms with E-state index in [2.05, 4.69) is 5.32 Å². The molecule has 0 saturated heterocycles. The topological polar surface area (TPSA) is 68.9 Å². The van der Waals surface area contributed by atoms with E-state index in [9.17, 15) is 14.0 Å². The van der Waals surface area contributed by atoms with Crippen LogP contribution in [0, 0.1) is 26.6 Å². The van der Waals surface area contributed by atoms with Crippen LogP contribution in [0.2, 0.25) is 0 Å². The second-order valence-corrected chi connectivity index (χ2v) is 8.19. The van der Waals surface area contributed by atoms with Gasteiger partial charge in [-0.1, -0.05) is 18.2 Å². The van der Waals surface area contributed by atoms with Gasteiger partial charge in [0.15, 0.2) is 0 Å². The van der Waals surface area contributed by atoms with Crippen molar-refractivity contribution in [1.29, 1.82) is 0 Å². The average molecular weight is 447 g/mol. The van der Waals surface area contributed by atoms with E-state index >= 15 is 0 Å². The summed E-state index contributed by atoms with van der Waals surface area (Å²) in [6.07, 6.45) is 0.455. The number of aryl methyl sites for hydroxylation is 4. The molecule has 0 radical (unpaired) electrons. The second kappa shape index (κ2) is 9.02. The maximum absolute atomic E-state index is 13.4. The van der Waals surface area contributed by atoms with Crippen LogP contribution in [0.25, 0.3) is 16.7 Å². The van der Waals surface area contributed by atoms with Crippen LogP contribution in [0.4, 0.5) is 10.1 Å². The number of amides is 1. The third kappa shape index (κ3) is 4.18. The summed E-state index contributed by atoms with van der Waals surface area (Å²) >= 11 is 0. The largest absolute Gasteiger partial charge is 0.326 e. The Morgan fingerprint density at radius 2 is 1.82 bits per heavy atom. The Kier molecular flexibility index (Phi) is 6.14. The zero-order valence-electron chi connectivity index (χ0n) is 19.3. The van der Waals surface area contributed by atoms with Crippen LogP contribution in [0.5, 0.6) is 0 Å². The molecule has 2 heterocycles. The average Bonchev–Trinajstić information content (AvgIpc) is 3.13. The van der Waals surface area contributed by atoms with Crippen molar-refractivity contribution < 1.29 is 9.18 Å². The van der Waals surface area contributed by atoms with Crippen molar-refractivity contribution in [2.24, 2.45) is 0 Å². The SMILES string of the molecule is CCn1c(=O)c(CCC(=O)Nc2ccc(F)cc2C)c(C)c2c(C)nn(-c3ccccc3)c21. The molecule has 4 aromatic rings. The van der Waals surface area contributed by atoms with Crippen molar-refractivity contribution in [3.8, 4) is 5.69 Å². The normalized spacial score (nSPS) is 11.2. The Labute approximate surface area is 191 Å². The number of benzene rings is 2. The van der Waals surface area contributed by atoms with Crippen LogP contribution < -0.4 is 10.9 Å². The summed E-state index contributed by atoms with van der Waals surface area (Å²) in [5.74, 6) is -0.565. The number of hydrogen-bond donors (Lipinski definition) is 1. The molecule has 0 atom stereocenters. The van der Waals surface area contributed by atoms with Gasteiger partial charge in [-0.2, -0.15) is 5.10 Å². The van der Waals surface area contributed by atoms with E-state index in [0.717, 1.165) is 28.0 Å². The number of fused-ring (bicyclic) bond motifs is 1. The van der Waals surface area contributed by atoms with Crippen LogP contribution in [-0.2, 0) is 17.8 Å². The summed E-state index contributed by atoms with van der Waals surface area (Å²) in [6.45, 7) is 8.02. The van der Waals surface area contributed by atoms with Crippen LogP contribution in [0.3, 0.4) is 0 Å². The van der Waals surface area contributed by atoms with Crippen LogP contribution in [0.15, 0.2) is 53.3 Å². The summed E-state index contributed by atoms with van der Waals surface area (Å²) in [5, 5.41) is 8.48. The fraction of sp³-hybridized carbons (Fsp3) is 0.269. The summed E-state index contributed by atoms with van der Waals surface area (Å²) < 4.78 is 16.9. The maximum atomic E-state index is 13.4. The monoisotopic (exact) mass is 446 g/mol. The van der Waals surface area contributed by atoms with Gasteiger partial charge in [0, 0.05) is 29.6 Å². The molecule has 6 nitrogen and oxygen atoms in total. The number of halogens is 1. The van der Waals surface area contributed by atoms with Gasteiger partial charge in [-0.25, -0.2) is 9.07 Å². The molecule has 1 amide bonds. The molecule has 0 saturated carbocycles. The van der Waals surface area contributed by atoms with Crippen LogP contribution in [-0.4, -0.2) is 20.3 Å². The number of carbonyl (C=O) groups excluding carboxylic acids is 1. The third-order valence-corrected chi connectivity index (χ3v) is 6.00. The van der Waals surface area contributed by atoms with E-state index in [1.165, 1.54) is 12.1 Å². The number of hydrogen-bond acceptors (Lipinski definition) is 3. The Morgan fingerprint density at radius 1 is 1.09 bits per heavy atom. The Balaban J connectivity index is 1.70. The first-order valence-corrected chi connectivity index (χ1v) is 11.0. The van der Waals surface area contributed by atoms with Crippen molar-refractivity contribution in [1.82, 2.24) is 14.3 Å². The smallest absolute Gasteiger partial charge is 0.255 e. The highest BCUT2D eigenvalue weighted by Gasteiger charge is 2.21. The molecular weight excluding hydrogens is 419 g/mol. The van der Waals surface area contributed by atoms with E-state index in [1.807, 2.05) is 55.8 Å². The van der Waals surface area contributed by atoms with Crippen molar-refractivity contribution >= 4 is 22.6 Å². The molecule has 4 rings (SSSR count). The lowest BCUT2D eigenvalue weighted by atomic mass is 10.0. The number of rotatable bonds is 6. The number of pyridine rings is 1. The molecule has 0 aliphatic carbocycles. The molecule has 170 valence electrons. The van der Waals surface area contributed by atoms with Crippen molar-refractivity contribution in [3.63, 3.8) is 0 Å². The highest BCUT2D eigenvalue weighted by molar-refractivity contribution is 5.92. The van der Waals surface area contributed by atoms with E-state index in [4.69, 9.17) is 5.10 Å². The molecule has 2 aromatic heterocycles. The number of nitrogens with one attached hydrogen (secondary N) is 1. The van der Waals surface area contributed by atoms with Gasteiger partial charge in [0.2, 0.25) is 5.91 Å². The standard InChI is InChI=1S/C26H27FN4O2/c1-5-30-25-24(18(4)29-31(25)20-9-7-6-8-10-20)17(3)21(26(30)33)12-14-23(32)28-22-13-11-19(27)15-16(22)2/h6-11,13,15H,5,12,14H2,1-4H3,(H,28,32). The van der Waals surface area contributed by atoms with E-state index < -0.39 is 0 Å². The molecule has 0 unspecified atom stereocenters. The van der Waals surface area contributed by atoms with Crippen molar-refractivity contribution in [2.75, 3.05) is 5.32 Å². The molecule has 1 N–H and O–H groups in total. The first kappa shape index (κ1) is 22.5. The highest BCUT2D eigenvalue weighted by atomic mass is 19.1. The maximum Gasteiger partial charge on any atom is 0.255 e. The van der Waals surface area contributed by atoms with Gasteiger partial charge in [0.05, 0.1) is 11.4 Å². The van der Waals surface area contributed by atoms with Gasteiger partial charge in [-0.05, 0) is 75.6 Å².